The Morgan fingerprint density at radius 2 is 1.29 bits per heavy atom. The third kappa shape index (κ3) is 4.62. The van der Waals surface area contributed by atoms with Gasteiger partial charge in [-0.05, 0) is 41.3 Å². The van der Waals surface area contributed by atoms with E-state index in [1.54, 1.807) is 30.3 Å². The van der Waals surface area contributed by atoms with Gasteiger partial charge in [-0.15, -0.1) is 0 Å². The molecule has 2 amide bonds. The number of carbonyl (C=O) groups excluding carboxylic acids is 2. The topological polar surface area (TPSA) is 71.1 Å². The van der Waals surface area contributed by atoms with Gasteiger partial charge in [0.05, 0.1) is 0 Å². The number of anilines is 2. The highest BCUT2D eigenvalue weighted by atomic mass is 16.2. The van der Waals surface area contributed by atoms with Gasteiger partial charge in [0.2, 0.25) is 0 Å². The van der Waals surface area contributed by atoms with Gasteiger partial charge in [-0.25, -0.2) is 4.98 Å². The highest BCUT2D eigenvalue weighted by Gasteiger charge is 2.20. The van der Waals surface area contributed by atoms with E-state index >= 15 is 0 Å². The second-order valence-corrected chi connectivity index (χ2v) is 7.48. The van der Waals surface area contributed by atoms with E-state index in [4.69, 9.17) is 0 Å². The molecule has 0 atom stereocenters. The van der Waals surface area contributed by atoms with Crippen molar-refractivity contribution in [1.29, 1.82) is 0 Å². The van der Waals surface area contributed by atoms with Crippen molar-refractivity contribution < 1.29 is 9.59 Å². The molecule has 2 N–H and O–H groups in total. The van der Waals surface area contributed by atoms with Gasteiger partial charge in [0.25, 0.3) is 11.8 Å². The fraction of sp³-hybridized carbons (Fsp3) is 0.174. The van der Waals surface area contributed by atoms with Gasteiger partial charge in [0.1, 0.15) is 11.4 Å². The van der Waals surface area contributed by atoms with Crippen LogP contribution in [0.4, 0.5) is 11.4 Å². The minimum atomic E-state index is -0.365. The molecular formula is C23H23N3O2. The summed E-state index contributed by atoms with van der Waals surface area (Å²) in [6, 6.07) is 21.6. The molecule has 0 aliphatic rings. The van der Waals surface area contributed by atoms with Gasteiger partial charge in [0.15, 0.2) is 0 Å². The molecule has 0 spiro atoms. The Hall–Kier alpha value is -3.47. The molecule has 0 fully saturated rings. The van der Waals surface area contributed by atoms with E-state index in [9.17, 15) is 9.59 Å². The Morgan fingerprint density at radius 3 is 1.93 bits per heavy atom. The minimum Gasteiger partial charge on any atom is -0.321 e. The van der Waals surface area contributed by atoms with E-state index in [0.717, 1.165) is 11.3 Å². The van der Waals surface area contributed by atoms with E-state index < -0.39 is 0 Å². The Morgan fingerprint density at radius 1 is 0.714 bits per heavy atom. The van der Waals surface area contributed by atoms with Crippen LogP contribution >= 0.6 is 0 Å². The van der Waals surface area contributed by atoms with E-state index in [1.165, 1.54) is 0 Å². The molecule has 3 aromatic rings. The first-order valence-electron chi connectivity index (χ1n) is 9.09. The van der Waals surface area contributed by atoms with Gasteiger partial charge in [-0.1, -0.05) is 63.2 Å². The lowest BCUT2D eigenvalue weighted by molar-refractivity contribution is 0.101. The summed E-state index contributed by atoms with van der Waals surface area (Å²) in [5, 5.41) is 5.69. The lowest BCUT2D eigenvalue weighted by atomic mass is 9.86. The van der Waals surface area contributed by atoms with E-state index in [-0.39, 0.29) is 28.6 Å². The summed E-state index contributed by atoms with van der Waals surface area (Å²) < 4.78 is 0. The normalized spacial score (nSPS) is 11.0. The molecule has 0 aliphatic heterocycles. The van der Waals surface area contributed by atoms with Gasteiger partial charge in [-0.2, -0.15) is 0 Å². The predicted molar refractivity (Wildman–Crippen MR) is 112 cm³/mol. The summed E-state index contributed by atoms with van der Waals surface area (Å²) in [4.78, 5) is 29.4. The maximum absolute atomic E-state index is 12.7. The van der Waals surface area contributed by atoms with Crippen LogP contribution in [0.25, 0.3) is 0 Å². The maximum atomic E-state index is 12.7. The number of hydrogen-bond acceptors (Lipinski definition) is 3. The average molecular weight is 373 g/mol. The van der Waals surface area contributed by atoms with Crippen LogP contribution in [0.2, 0.25) is 0 Å². The summed E-state index contributed by atoms with van der Waals surface area (Å²) in [6.45, 7) is 6.26. The molecule has 0 bridgehead atoms. The molecule has 1 aromatic heterocycles. The molecule has 0 saturated carbocycles. The van der Waals surface area contributed by atoms with Crippen LogP contribution in [0.3, 0.4) is 0 Å². The van der Waals surface area contributed by atoms with Crippen molar-refractivity contribution in [3.05, 3.63) is 89.7 Å². The number of benzene rings is 2. The van der Waals surface area contributed by atoms with Crippen LogP contribution in [-0.2, 0) is 5.41 Å². The number of nitrogens with zero attached hydrogens (tertiary/aromatic N) is 1. The zero-order valence-electron chi connectivity index (χ0n) is 16.2. The predicted octanol–water partition coefficient (Wildman–Crippen LogP) is 4.88. The van der Waals surface area contributed by atoms with Gasteiger partial charge in [-0.3, -0.25) is 9.59 Å². The zero-order chi connectivity index (χ0) is 20.1. The fourth-order valence-corrected chi connectivity index (χ4v) is 2.84. The second-order valence-electron chi connectivity index (χ2n) is 7.48. The summed E-state index contributed by atoms with van der Waals surface area (Å²) >= 11 is 0. The first-order chi connectivity index (χ1) is 13.3. The van der Waals surface area contributed by atoms with Crippen molar-refractivity contribution in [2.75, 3.05) is 10.6 Å². The SMILES string of the molecule is CC(C)(C)c1ccccc1NC(=O)c1cccc(C(=O)Nc2ccccc2)n1. The fourth-order valence-electron chi connectivity index (χ4n) is 2.84. The van der Waals surface area contributed by atoms with E-state index in [2.05, 4.69) is 36.4 Å². The zero-order valence-corrected chi connectivity index (χ0v) is 16.2. The summed E-state index contributed by atoms with van der Waals surface area (Å²) in [5.41, 5.74) is 2.69. The van der Waals surface area contributed by atoms with Crippen LogP contribution < -0.4 is 10.6 Å². The molecular weight excluding hydrogens is 350 g/mol. The Labute approximate surface area is 164 Å². The smallest absolute Gasteiger partial charge is 0.274 e. The quantitative estimate of drug-likeness (QED) is 0.684. The maximum Gasteiger partial charge on any atom is 0.274 e. The summed E-state index contributed by atoms with van der Waals surface area (Å²) in [7, 11) is 0. The molecule has 142 valence electrons. The van der Waals surface area contributed by atoms with Crippen LogP contribution in [-0.4, -0.2) is 16.8 Å². The van der Waals surface area contributed by atoms with Crippen molar-refractivity contribution in [1.82, 2.24) is 4.98 Å². The number of pyridine rings is 1. The van der Waals surface area contributed by atoms with Crippen molar-refractivity contribution >= 4 is 23.2 Å². The third-order valence-electron chi connectivity index (χ3n) is 4.23. The van der Waals surface area contributed by atoms with Crippen LogP contribution in [0.1, 0.15) is 47.3 Å². The molecule has 3 rings (SSSR count). The summed E-state index contributed by atoms with van der Waals surface area (Å²) in [6.07, 6.45) is 0. The van der Waals surface area contributed by atoms with E-state index in [0.29, 0.717) is 5.69 Å². The standard InChI is InChI=1S/C23H23N3O2/c1-23(2,3)17-12-7-8-13-18(17)26-22(28)20-15-9-14-19(25-20)21(27)24-16-10-5-4-6-11-16/h4-15H,1-3H3,(H,24,27)(H,26,28). The van der Waals surface area contributed by atoms with Crippen molar-refractivity contribution in [2.45, 2.75) is 26.2 Å². The highest BCUT2D eigenvalue weighted by Crippen LogP contribution is 2.29. The third-order valence-corrected chi connectivity index (χ3v) is 4.23. The van der Waals surface area contributed by atoms with Crippen LogP contribution in [0.5, 0.6) is 0 Å². The lowest BCUT2D eigenvalue weighted by Gasteiger charge is -2.22. The molecule has 5 heteroatoms. The van der Waals surface area contributed by atoms with Crippen molar-refractivity contribution in [2.24, 2.45) is 0 Å². The monoisotopic (exact) mass is 373 g/mol. The van der Waals surface area contributed by atoms with Gasteiger partial charge >= 0.3 is 0 Å². The van der Waals surface area contributed by atoms with Gasteiger partial charge < -0.3 is 10.6 Å². The Bertz CT molecular complexity index is 992. The molecule has 0 saturated heterocycles. The number of nitrogens with one attached hydrogen (secondary N) is 2. The number of carbonyl (C=O) groups is 2. The highest BCUT2D eigenvalue weighted by molar-refractivity contribution is 6.06. The Balaban J connectivity index is 1.79. The number of para-hydroxylation sites is 2. The molecule has 1 heterocycles. The number of aromatic nitrogens is 1. The minimum absolute atomic E-state index is 0.116. The largest absolute Gasteiger partial charge is 0.321 e. The first kappa shape index (κ1) is 19.3. The van der Waals surface area contributed by atoms with Gasteiger partial charge in [0, 0.05) is 11.4 Å². The van der Waals surface area contributed by atoms with E-state index in [1.807, 2.05) is 42.5 Å². The molecule has 28 heavy (non-hydrogen) atoms. The second kappa shape index (κ2) is 8.05. The molecule has 2 aromatic carbocycles. The first-order valence-corrected chi connectivity index (χ1v) is 9.09. The number of rotatable bonds is 4. The molecule has 5 nitrogen and oxygen atoms in total. The lowest BCUT2D eigenvalue weighted by Crippen LogP contribution is -2.21. The van der Waals surface area contributed by atoms with Crippen LogP contribution in [0.15, 0.2) is 72.8 Å². The molecule has 0 aliphatic carbocycles. The molecule has 0 radical (unpaired) electrons. The molecule has 0 unspecified atom stereocenters. The van der Waals surface area contributed by atoms with Crippen molar-refractivity contribution in [3.8, 4) is 0 Å². The number of amides is 2. The average Bonchev–Trinajstić information content (AvgIpc) is 2.68. The van der Waals surface area contributed by atoms with Crippen molar-refractivity contribution in [3.63, 3.8) is 0 Å². The van der Waals surface area contributed by atoms with Crippen LogP contribution in [0, 0.1) is 0 Å². The Kier molecular flexibility index (Phi) is 5.54. The summed E-state index contributed by atoms with van der Waals surface area (Å²) in [5.74, 6) is -0.720. The number of hydrogen-bond donors (Lipinski definition) is 2.